The van der Waals surface area contributed by atoms with Crippen molar-refractivity contribution in [3.8, 4) is 0 Å². The van der Waals surface area contributed by atoms with E-state index in [0.29, 0.717) is 12.5 Å². The van der Waals surface area contributed by atoms with Gasteiger partial charge in [0.1, 0.15) is 0 Å². The summed E-state index contributed by atoms with van der Waals surface area (Å²) in [6.07, 6.45) is 5.02. The SMILES string of the molecule is COC1=CCC(COO)CC1. The summed E-state index contributed by atoms with van der Waals surface area (Å²) in [6, 6.07) is 0. The molecule has 0 fully saturated rings. The maximum absolute atomic E-state index is 8.19. The van der Waals surface area contributed by atoms with Crippen LogP contribution >= 0.6 is 0 Å². The minimum atomic E-state index is 0.438. The van der Waals surface area contributed by atoms with Gasteiger partial charge in [-0.1, -0.05) is 0 Å². The first kappa shape index (κ1) is 8.56. The van der Waals surface area contributed by atoms with Gasteiger partial charge in [0.05, 0.1) is 19.5 Å². The molecule has 0 spiro atoms. The van der Waals surface area contributed by atoms with E-state index in [9.17, 15) is 0 Å². The van der Waals surface area contributed by atoms with Crippen LogP contribution in [0, 0.1) is 5.92 Å². The molecule has 1 rings (SSSR count). The molecule has 0 aromatic rings. The molecule has 3 nitrogen and oxygen atoms in total. The summed E-state index contributed by atoms with van der Waals surface area (Å²) in [6.45, 7) is 0.438. The van der Waals surface area contributed by atoms with Crippen LogP contribution < -0.4 is 0 Å². The molecule has 0 radical (unpaired) electrons. The van der Waals surface area contributed by atoms with Crippen molar-refractivity contribution in [2.24, 2.45) is 5.92 Å². The first-order valence-electron chi connectivity index (χ1n) is 3.86. The van der Waals surface area contributed by atoms with E-state index in [1.165, 1.54) is 0 Å². The predicted octanol–water partition coefficient (Wildman–Crippen LogP) is 1.81. The Kier molecular flexibility index (Phi) is 3.39. The van der Waals surface area contributed by atoms with Crippen LogP contribution in [0.2, 0.25) is 0 Å². The van der Waals surface area contributed by atoms with Gasteiger partial charge in [-0.15, -0.1) is 0 Å². The van der Waals surface area contributed by atoms with Crippen molar-refractivity contribution in [2.75, 3.05) is 13.7 Å². The molecular formula is C8H14O3. The van der Waals surface area contributed by atoms with Crippen molar-refractivity contribution in [1.82, 2.24) is 0 Å². The van der Waals surface area contributed by atoms with E-state index in [1.807, 2.05) is 0 Å². The fraction of sp³-hybridized carbons (Fsp3) is 0.750. The molecule has 64 valence electrons. The van der Waals surface area contributed by atoms with Crippen LogP contribution in [0.1, 0.15) is 19.3 Å². The van der Waals surface area contributed by atoms with Gasteiger partial charge in [0, 0.05) is 6.42 Å². The zero-order chi connectivity index (χ0) is 8.10. The van der Waals surface area contributed by atoms with Crippen molar-refractivity contribution < 1.29 is 14.9 Å². The van der Waals surface area contributed by atoms with Crippen LogP contribution in [0.5, 0.6) is 0 Å². The third kappa shape index (κ3) is 2.52. The molecular weight excluding hydrogens is 144 g/mol. The zero-order valence-electron chi connectivity index (χ0n) is 6.75. The van der Waals surface area contributed by atoms with Crippen molar-refractivity contribution in [3.63, 3.8) is 0 Å². The highest BCUT2D eigenvalue weighted by Gasteiger charge is 2.14. The summed E-state index contributed by atoms with van der Waals surface area (Å²) in [4.78, 5) is 4.08. The van der Waals surface area contributed by atoms with E-state index >= 15 is 0 Å². The lowest BCUT2D eigenvalue weighted by atomic mass is 9.94. The van der Waals surface area contributed by atoms with Gasteiger partial charge in [-0.2, -0.15) is 0 Å². The zero-order valence-corrected chi connectivity index (χ0v) is 6.75. The van der Waals surface area contributed by atoms with E-state index in [0.717, 1.165) is 25.0 Å². The summed E-state index contributed by atoms with van der Waals surface area (Å²) in [5.41, 5.74) is 0. The smallest absolute Gasteiger partial charge is 0.0915 e. The summed E-state index contributed by atoms with van der Waals surface area (Å²) in [7, 11) is 1.69. The molecule has 0 amide bonds. The Bertz CT molecular complexity index is 142. The minimum absolute atomic E-state index is 0.438. The van der Waals surface area contributed by atoms with E-state index in [2.05, 4.69) is 11.0 Å². The number of hydrogen-bond donors (Lipinski definition) is 1. The molecule has 0 aromatic heterocycles. The molecule has 1 atom stereocenters. The number of hydrogen-bond acceptors (Lipinski definition) is 3. The fourth-order valence-electron chi connectivity index (χ4n) is 1.31. The van der Waals surface area contributed by atoms with Gasteiger partial charge in [-0.3, -0.25) is 5.26 Å². The van der Waals surface area contributed by atoms with Crippen LogP contribution in [0.3, 0.4) is 0 Å². The number of allylic oxidation sites excluding steroid dienone is 2. The summed E-state index contributed by atoms with van der Waals surface area (Å²) < 4.78 is 5.08. The number of rotatable bonds is 3. The third-order valence-corrected chi connectivity index (χ3v) is 2.05. The van der Waals surface area contributed by atoms with Gasteiger partial charge in [0.25, 0.3) is 0 Å². The molecule has 0 aromatic carbocycles. The normalized spacial score (nSPS) is 24.5. The minimum Gasteiger partial charge on any atom is -0.501 e. The standard InChI is InChI=1S/C8H14O3/c1-10-8-4-2-7(3-5-8)6-11-9/h4,7,9H,2-3,5-6H2,1H3. The van der Waals surface area contributed by atoms with E-state index in [4.69, 9.17) is 9.99 Å². The quantitative estimate of drug-likeness (QED) is 0.503. The lowest BCUT2D eigenvalue weighted by Crippen LogP contribution is -2.12. The largest absolute Gasteiger partial charge is 0.501 e. The van der Waals surface area contributed by atoms with Crippen molar-refractivity contribution in [1.29, 1.82) is 0 Å². The maximum atomic E-state index is 8.19. The molecule has 0 heterocycles. The Labute approximate surface area is 66.5 Å². The highest BCUT2D eigenvalue weighted by atomic mass is 17.1. The second-order valence-electron chi connectivity index (χ2n) is 2.81. The molecule has 3 heteroatoms. The molecule has 1 aliphatic carbocycles. The molecule has 0 aliphatic heterocycles. The van der Waals surface area contributed by atoms with Crippen molar-refractivity contribution >= 4 is 0 Å². The molecule has 0 saturated carbocycles. The van der Waals surface area contributed by atoms with E-state index < -0.39 is 0 Å². The lowest BCUT2D eigenvalue weighted by molar-refractivity contribution is -0.251. The first-order chi connectivity index (χ1) is 5.36. The van der Waals surface area contributed by atoms with Crippen molar-refractivity contribution in [2.45, 2.75) is 19.3 Å². The summed E-state index contributed by atoms with van der Waals surface area (Å²) >= 11 is 0. The Morgan fingerprint density at radius 3 is 3.00 bits per heavy atom. The number of ether oxygens (including phenoxy) is 1. The van der Waals surface area contributed by atoms with Gasteiger partial charge < -0.3 is 4.74 Å². The second-order valence-corrected chi connectivity index (χ2v) is 2.81. The monoisotopic (exact) mass is 158 g/mol. The second kappa shape index (κ2) is 4.36. The summed E-state index contributed by atoms with van der Waals surface area (Å²) in [5.74, 6) is 1.51. The highest BCUT2D eigenvalue weighted by Crippen LogP contribution is 2.23. The van der Waals surface area contributed by atoms with Crippen LogP contribution in [-0.2, 0) is 9.62 Å². The van der Waals surface area contributed by atoms with Gasteiger partial charge in [-0.05, 0) is 24.8 Å². The lowest BCUT2D eigenvalue weighted by Gasteiger charge is -2.19. The number of methoxy groups -OCH3 is 1. The average Bonchev–Trinajstić information content (AvgIpc) is 2.07. The van der Waals surface area contributed by atoms with E-state index in [-0.39, 0.29) is 0 Å². The molecule has 1 N–H and O–H groups in total. The molecule has 1 unspecified atom stereocenters. The van der Waals surface area contributed by atoms with Crippen LogP contribution in [0.4, 0.5) is 0 Å². The fourth-order valence-corrected chi connectivity index (χ4v) is 1.31. The molecule has 0 bridgehead atoms. The third-order valence-electron chi connectivity index (χ3n) is 2.05. The van der Waals surface area contributed by atoms with Crippen LogP contribution in [-0.4, -0.2) is 19.0 Å². The van der Waals surface area contributed by atoms with Crippen molar-refractivity contribution in [3.05, 3.63) is 11.8 Å². The summed E-state index contributed by atoms with van der Waals surface area (Å²) in [5, 5.41) is 8.19. The maximum Gasteiger partial charge on any atom is 0.0915 e. The Hall–Kier alpha value is -0.540. The Balaban J connectivity index is 2.29. The Morgan fingerprint density at radius 2 is 2.55 bits per heavy atom. The average molecular weight is 158 g/mol. The van der Waals surface area contributed by atoms with Gasteiger partial charge in [0.2, 0.25) is 0 Å². The molecule has 11 heavy (non-hydrogen) atoms. The van der Waals surface area contributed by atoms with E-state index in [1.54, 1.807) is 7.11 Å². The van der Waals surface area contributed by atoms with Crippen LogP contribution in [0.25, 0.3) is 0 Å². The highest BCUT2D eigenvalue weighted by molar-refractivity contribution is 4.98. The molecule has 1 aliphatic rings. The van der Waals surface area contributed by atoms with Gasteiger partial charge in [-0.25, -0.2) is 4.89 Å². The Morgan fingerprint density at radius 1 is 1.73 bits per heavy atom. The predicted molar refractivity (Wildman–Crippen MR) is 41.0 cm³/mol. The molecule has 0 saturated heterocycles. The topological polar surface area (TPSA) is 38.7 Å². The van der Waals surface area contributed by atoms with Gasteiger partial charge >= 0.3 is 0 Å². The van der Waals surface area contributed by atoms with Crippen LogP contribution in [0.15, 0.2) is 11.8 Å². The van der Waals surface area contributed by atoms with Gasteiger partial charge in [0.15, 0.2) is 0 Å². The first-order valence-corrected chi connectivity index (χ1v) is 3.86.